The Morgan fingerprint density at radius 1 is 1.06 bits per heavy atom. The van der Waals surface area contributed by atoms with Crippen molar-refractivity contribution in [3.05, 3.63) is 34.9 Å². The smallest absolute Gasteiger partial charge is 0.0250 e. The molecule has 2 unspecified atom stereocenters. The van der Waals surface area contributed by atoms with Crippen LogP contribution in [0.15, 0.2) is 18.2 Å². The molecule has 0 N–H and O–H groups in total. The first-order valence-electron chi connectivity index (χ1n) is 6.59. The van der Waals surface area contributed by atoms with Crippen molar-refractivity contribution in [3.8, 4) is 0 Å². The number of hydrogen-bond acceptors (Lipinski definition) is 0. The van der Waals surface area contributed by atoms with Gasteiger partial charge in [-0.25, -0.2) is 0 Å². The van der Waals surface area contributed by atoms with Crippen LogP contribution >= 0.6 is 0 Å². The summed E-state index contributed by atoms with van der Waals surface area (Å²) in [6, 6.07) is 6.68. The lowest BCUT2D eigenvalue weighted by Crippen LogP contribution is -2.06. The van der Waals surface area contributed by atoms with E-state index in [-0.39, 0.29) is 0 Å². The molecule has 0 saturated heterocycles. The van der Waals surface area contributed by atoms with Gasteiger partial charge in [-0.05, 0) is 55.2 Å². The second kappa shape index (κ2) is 6.08. The molecule has 0 bridgehead atoms. The Balaban J connectivity index is 2.62. The summed E-state index contributed by atoms with van der Waals surface area (Å²) in [5.74, 6) is 1.66. The predicted molar refractivity (Wildman–Crippen MR) is 72.9 cm³/mol. The Hall–Kier alpha value is -0.780. The number of hydrogen-bond donors (Lipinski definition) is 0. The SMILES string of the molecule is CCC(C)CC(C)Cc1cccc(C)c1C. The van der Waals surface area contributed by atoms with Gasteiger partial charge in [-0.1, -0.05) is 45.4 Å². The molecular weight excluding hydrogens is 192 g/mol. The normalized spacial score (nSPS) is 14.8. The van der Waals surface area contributed by atoms with Gasteiger partial charge < -0.3 is 0 Å². The van der Waals surface area contributed by atoms with Gasteiger partial charge in [0.25, 0.3) is 0 Å². The second-order valence-corrected chi connectivity index (χ2v) is 5.42. The average Bonchev–Trinajstić information content (AvgIpc) is 2.24. The summed E-state index contributed by atoms with van der Waals surface area (Å²) in [5.41, 5.74) is 4.45. The summed E-state index contributed by atoms with van der Waals surface area (Å²) >= 11 is 0. The fraction of sp³-hybridized carbons (Fsp3) is 0.625. The van der Waals surface area contributed by atoms with E-state index in [4.69, 9.17) is 0 Å². The van der Waals surface area contributed by atoms with Gasteiger partial charge in [-0.2, -0.15) is 0 Å². The van der Waals surface area contributed by atoms with E-state index >= 15 is 0 Å². The van der Waals surface area contributed by atoms with E-state index in [2.05, 4.69) is 52.8 Å². The van der Waals surface area contributed by atoms with Crippen LogP contribution in [0.2, 0.25) is 0 Å². The predicted octanol–water partition coefficient (Wildman–Crippen LogP) is 4.92. The summed E-state index contributed by atoms with van der Waals surface area (Å²) in [6.45, 7) is 11.5. The topological polar surface area (TPSA) is 0 Å². The Bertz CT molecular complexity index is 325. The molecule has 0 nitrogen and oxygen atoms in total. The zero-order valence-corrected chi connectivity index (χ0v) is 11.5. The lowest BCUT2D eigenvalue weighted by Gasteiger charge is -2.17. The molecule has 0 amide bonds. The van der Waals surface area contributed by atoms with Crippen molar-refractivity contribution in [3.63, 3.8) is 0 Å². The van der Waals surface area contributed by atoms with E-state index in [1.165, 1.54) is 36.0 Å². The molecule has 16 heavy (non-hydrogen) atoms. The van der Waals surface area contributed by atoms with Crippen molar-refractivity contribution in [2.24, 2.45) is 11.8 Å². The van der Waals surface area contributed by atoms with Crippen LogP contribution in [-0.4, -0.2) is 0 Å². The van der Waals surface area contributed by atoms with Crippen LogP contribution in [-0.2, 0) is 6.42 Å². The molecule has 0 aliphatic rings. The van der Waals surface area contributed by atoms with Crippen molar-refractivity contribution in [2.75, 3.05) is 0 Å². The molecule has 0 radical (unpaired) electrons. The van der Waals surface area contributed by atoms with Crippen LogP contribution in [0.5, 0.6) is 0 Å². The first-order valence-corrected chi connectivity index (χ1v) is 6.59. The molecule has 1 rings (SSSR count). The van der Waals surface area contributed by atoms with Gasteiger partial charge in [-0.3, -0.25) is 0 Å². The Labute approximate surface area is 101 Å². The highest BCUT2D eigenvalue weighted by atomic mass is 14.2. The van der Waals surface area contributed by atoms with Gasteiger partial charge in [0.15, 0.2) is 0 Å². The maximum atomic E-state index is 2.38. The van der Waals surface area contributed by atoms with Crippen LogP contribution in [0, 0.1) is 25.7 Å². The van der Waals surface area contributed by atoms with Gasteiger partial charge >= 0.3 is 0 Å². The molecule has 0 heterocycles. The summed E-state index contributed by atoms with van der Waals surface area (Å²) in [5, 5.41) is 0. The molecule has 0 heteroatoms. The second-order valence-electron chi connectivity index (χ2n) is 5.42. The molecule has 0 saturated carbocycles. The van der Waals surface area contributed by atoms with E-state index in [9.17, 15) is 0 Å². The fourth-order valence-electron chi connectivity index (χ4n) is 2.35. The van der Waals surface area contributed by atoms with Crippen molar-refractivity contribution >= 4 is 0 Å². The van der Waals surface area contributed by atoms with Crippen molar-refractivity contribution < 1.29 is 0 Å². The Morgan fingerprint density at radius 2 is 1.75 bits per heavy atom. The largest absolute Gasteiger partial charge is 0.0651 e. The summed E-state index contributed by atoms with van der Waals surface area (Å²) in [6.07, 6.45) is 3.89. The molecule has 0 spiro atoms. The van der Waals surface area contributed by atoms with E-state index in [0.29, 0.717) is 0 Å². The molecule has 1 aromatic rings. The first kappa shape index (κ1) is 13.3. The molecular formula is C16H26. The zero-order valence-electron chi connectivity index (χ0n) is 11.5. The summed E-state index contributed by atoms with van der Waals surface area (Å²) in [4.78, 5) is 0. The van der Waals surface area contributed by atoms with Gasteiger partial charge in [-0.15, -0.1) is 0 Å². The molecule has 0 aromatic heterocycles. The van der Waals surface area contributed by atoms with E-state index in [1.54, 1.807) is 0 Å². The quantitative estimate of drug-likeness (QED) is 0.658. The lowest BCUT2D eigenvalue weighted by molar-refractivity contribution is 0.403. The molecule has 2 atom stereocenters. The monoisotopic (exact) mass is 218 g/mol. The average molecular weight is 218 g/mol. The number of aryl methyl sites for hydroxylation is 1. The fourth-order valence-corrected chi connectivity index (χ4v) is 2.35. The van der Waals surface area contributed by atoms with E-state index < -0.39 is 0 Å². The van der Waals surface area contributed by atoms with Crippen LogP contribution in [0.3, 0.4) is 0 Å². The minimum Gasteiger partial charge on any atom is -0.0651 e. The first-order chi connectivity index (χ1) is 7.54. The number of rotatable bonds is 5. The number of benzene rings is 1. The maximum absolute atomic E-state index is 2.38. The van der Waals surface area contributed by atoms with Crippen LogP contribution in [0.1, 0.15) is 50.3 Å². The van der Waals surface area contributed by atoms with Gasteiger partial charge in [0, 0.05) is 0 Å². The van der Waals surface area contributed by atoms with Crippen LogP contribution in [0.4, 0.5) is 0 Å². The summed E-state index contributed by atoms with van der Waals surface area (Å²) in [7, 11) is 0. The van der Waals surface area contributed by atoms with E-state index in [1.807, 2.05) is 0 Å². The van der Waals surface area contributed by atoms with Gasteiger partial charge in [0.05, 0.1) is 0 Å². The third-order valence-corrected chi connectivity index (χ3v) is 3.79. The molecule has 0 fully saturated rings. The van der Waals surface area contributed by atoms with Crippen LogP contribution in [0.25, 0.3) is 0 Å². The molecule has 90 valence electrons. The highest BCUT2D eigenvalue weighted by Crippen LogP contribution is 2.22. The zero-order chi connectivity index (χ0) is 12.1. The van der Waals surface area contributed by atoms with Gasteiger partial charge in [0.2, 0.25) is 0 Å². The highest BCUT2D eigenvalue weighted by Gasteiger charge is 2.10. The lowest BCUT2D eigenvalue weighted by atomic mass is 9.88. The molecule has 0 aliphatic carbocycles. The Morgan fingerprint density at radius 3 is 2.38 bits per heavy atom. The van der Waals surface area contributed by atoms with E-state index in [0.717, 1.165) is 11.8 Å². The van der Waals surface area contributed by atoms with Crippen molar-refractivity contribution in [1.29, 1.82) is 0 Å². The Kier molecular flexibility index (Phi) is 5.05. The standard InChI is InChI=1S/C16H26/c1-6-12(2)10-13(3)11-16-9-7-8-14(4)15(16)5/h7-9,12-13H,6,10-11H2,1-5H3. The highest BCUT2D eigenvalue weighted by molar-refractivity contribution is 5.33. The minimum atomic E-state index is 0.801. The molecule has 0 aliphatic heterocycles. The third kappa shape index (κ3) is 3.66. The van der Waals surface area contributed by atoms with Crippen molar-refractivity contribution in [1.82, 2.24) is 0 Å². The minimum absolute atomic E-state index is 0.801. The summed E-state index contributed by atoms with van der Waals surface area (Å²) < 4.78 is 0. The molecule has 1 aromatic carbocycles. The van der Waals surface area contributed by atoms with Crippen molar-refractivity contribution in [2.45, 2.75) is 53.9 Å². The maximum Gasteiger partial charge on any atom is -0.0250 e. The van der Waals surface area contributed by atoms with Gasteiger partial charge in [0.1, 0.15) is 0 Å². The third-order valence-electron chi connectivity index (χ3n) is 3.79. The van der Waals surface area contributed by atoms with Crippen LogP contribution < -0.4 is 0 Å².